The van der Waals surface area contributed by atoms with Crippen molar-refractivity contribution in [2.75, 3.05) is 6.26 Å². The SMILES string of the molecule is CC(C)(C#Cc1ccc(-c2ccc(Cl)c3c(CS(C)(=O)=O)nn(CC(F)F)c23)c([C@@H](CC(=O)Cn2nc(C(F)(F)F)c3c2C(F)(F)[C@@H]2C[C@H]32)Cc2cc(F)cc(F)c2)n1)S(=O)(=O)C1CC1. The molecule has 0 saturated heterocycles. The predicted molar refractivity (Wildman–Crippen MR) is 220 cm³/mol. The maximum Gasteiger partial charge on any atom is 0.435 e. The fourth-order valence-corrected chi connectivity index (χ4v) is 11.5. The molecule has 346 valence electrons. The zero-order valence-electron chi connectivity index (χ0n) is 34.5. The normalized spacial score (nSPS) is 18.7. The molecule has 0 radical (unpaired) electrons. The van der Waals surface area contributed by atoms with Gasteiger partial charge < -0.3 is 0 Å². The van der Waals surface area contributed by atoms with Crippen LogP contribution in [0.4, 0.5) is 39.5 Å². The van der Waals surface area contributed by atoms with Gasteiger partial charge in [0.15, 0.2) is 31.2 Å². The topological polar surface area (TPSA) is 134 Å². The minimum Gasteiger partial charge on any atom is -0.298 e. The number of carbonyl (C=O) groups is 1. The molecule has 3 aliphatic rings. The molecule has 22 heteroatoms. The van der Waals surface area contributed by atoms with Crippen LogP contribution in [0.25, 0.3) is 22.0 Å². The average molecular weight is 974 g/mol. The maximum atomic E-state index is 15.5. The van der Waals surface area contributed by atoms with Crippen molar-refractivity contribution in [1.82, 2.24) is 24.5 Å². The Kier molecular flexibility index (Phi) is 11.6. The third-order valence-corrected chi connectivity index (χ3v) is 15.8. The van der Waals surface area contributed by atoms with Gasteiger partial charge in [-0.3, -0.25) is 14.2 Å². The summed E-state index contributed by atoms with van der Waals surface area (Å²) in [6.07, 6.45) is -7.78. The largest absolute Gasteiger partial charge is 0.435 e. The van der Waals surface area contributed by atoms with Gasteiger partial charge in [-0.1, -0.05) is 23.6 Å². The first-order valence-electron chi connectivity index (χ1n) is 20.1. The number of nitrogens with zero attached hydrogens (tertiary/aromatic N) is 5. The molecular weight excluding hydrogens is 937 g/mol. The lowest BCUT2D eigenvalue weighted by Crippen LogP contribution is -2.33. The van der Waals surface area contributed by atoms with Crippen molar-refractivity contribution in [3.63, 3.8) is 0 Å². The second kappa shape index (κ2) is 16.1. The van der Waals surface area contributed by atoms with Gasteiger partial charge in [0, 0.05) is 52.7 Å². The first kappa shape index (κ1) is 46.6. The summed E-state index contributed by atoms with van der Waals surface area (Å²) < 4.78 is 182. The predicted octanol–water partition coefficient (Wildman–Crippen LogP) is 8.96. The molecule has 3 heterocycles. The number of ketones is 1. The molecule has 8 rings (SSSR count). The number of benzene rings is 2. The second-order valence-corrected chi connectivity index (χ2v) is 22.6. The van der Waals surface area contributed by atoms with E-state index in [4.69, 9.17) is 16.6 Å². The standard InChI is InChI=1S/C43H37ClF9N5O5S2/c1-41(2,65(62,63)27-5-6-27)11-10-25-4-7-28(29-8-9-32(44)36-33(20-64(3,60)61)55-57(38(29)36)19-34(47)48)37(54-25)22(12-21-13-23(45)16-24(46)14-21)15-26(59)18-58-40-35(39(56-58)43(51,52)53)30-17-31(30)42(40,49)50/h4,7-9,13-14,16,22,27,30-31,34H,5-6,12,15,17-20H2,1-3H3/t22-,30+,31-/m1/s1. The minimum absolute atomic E-state index is 0.0315. The zero-order chi connectivity index (χ0) is 47.3. The van der Waals surface area contributed by atoms with Crippen molar-refractivity contribution in [3.05, 3.63) is 98.7 Å². The molecule has 3 aromatic heterocycles. The second-order valence-electron chi connectivity index (χ2n) is 17.3. The molecule has 0 N–H and O–H groups in total. The number of rotatable bonds is 14. The molecule has 65 heavy (non-hydrogen) atoms. The molecule has 3 atom stereocenters. The maximum absolute atomic E-state index is 15.5. The van der Waals surface area contributed by atoms with Crippen molar-refractivity contribution in [1.29, 1.82) is 0 Å². The molecule has 0 unspecified atom stereocenters. The Morgan fingerprint density at radius 2 is 1.63 bits per heavy atom. The number of carbonyl (C=O) groups excluding carboxylic acids is 1. The molecule has 5 aromatic rings. The highest BCUT2D eigenvalue weighted by Gasteiger charge is 2.68. The summed E-state index contributed by atoms with van der Waals surface area (Å²) in [7, 11) is -7.60. The van der Waals surface area contributed by atoms with Crippen molar-refractivity contribution in [2.24, 2.45) is 5.92 Å². The van der Waals surface area contributed by atoms with Crippen LogP contribution in [0.15, 0.2) is 42.5 Å². The Morgan fingerprint density at radius 1 is 0.969 bits per heavy atom. The summed E-state index contributed by atoms with van der Waals surface area (Å²) >= 11 is 6.59. The Morgan fingerprint density at radius 3 is 2.25 bits per heavy atom. The van der Waals surface area contributed by atoms with Crippen LogP contribution in [0, 0.1) is 29.4 Å². The first-order chi connectivity index (χ1) is 30.2. The van der Waals surface area contributed by atoms with Crippen LogP contribution >= 0.6 is 11.6 Å². The fourth-order valence-electron chi connectivity index (χ4n) is 8.73. The van der Waals surface area contributed by atoms with Crippen LogP contribution in [-0.2, 0) is 61.8 Å². The number of hydrogen-bond donors (Lipinski definition) is 0. The highest BCUT2D eigenvalue weighted by atomic mass is 35.5. The smallest absolute Gasteiger partial charge is 0.298 e. The van der Waals surface area contributed by atoms with Crippen molar-refractivity contribution >= 4 is 48.0 Å². The van der Waals surface area contributed by atoms with Crippen LogP contribution in [0.3, 0.4) is 0 Å². The summed E-state index contributed by atoms with van der Waals surface area (Å²) in [5.41, 5.74) is -3.79. The highest BCUT2D eigenvalue weighted by molar-refractivity contribution is 7.93. The number of fused-ring (bicyclic) bond motifs is 4. The van der Waals surface area contributed by atoms with Gasteiger partial charge >= 0.3 is 6.18 Å². The molecule has 2 saturated carbocycles. The van der Waals surface area contributed by atoms with E-state index in [1.165, 1.54) is 38.1 Å². The molecule has 3 aliphatic carbocycles. The summed E-state index contributed by atoms with van der Waals surface area (Å²) in [4.78, 5) is 18.9. The minimum atomic E-state index is -5.13. The van der Waals surface area contributed by atoms with E-state index in [0.29, 0.717) is 23.6 Å². The summed E-state index contributed by atoms with van der Waals surface area (Å²) in [6, 6.07) is 7.88. The van der Waals surface area contributed by atoms with Crippen molar-refractivity contribution in [3.8, 4) is 23.0 Å². The van der Waals surface area contributed by atoms with Gasteiger partial charge in [0.1, 0.15) is 40.9 Å². The van der Waals surface area contributed by atoms with Crippen LogP contribution in [-0.4, -0.2) is 69.8 Å². The van der Waals surface area contributed by atoms with Crippen LogP contribution in [0.2, 0.25) is 5.02 Å². The van der Waals surface area contributed by atoms with E-state index in [2.05, 4.69) is 22.0 Å². The third-order valence-electron chi connectivity index (χ3n) is 11.8. The van der Waals surface area contributed by atoms with Gasteiger partial charge in [-0.25, -0.2) is 39.4 Å². The number of halogens is 10. The van der Waals surface area contributed by atoms with Gasteiger partial charge in [-0.2, -0.15) is 32.1 Å². The van der Waals surface area contributed by atoms with E-state index in [0.717, 1.165) is 23.1 Å². The molecule has 2 aromatic carbocycles. The van der Waals surface area contributed by atoms with Crippen molar-refractivity contribution in [2.45, 2.75) is 105 Å². The number of sulfone groups is 2. The Balaban J connectivity index is 1.32. The van der Waals surface area contributed by atoms with Gasteiger partial charge in [-0.05, 0) is 87.3 Å². The molecule has 0 amide bonds. The van der Waals surface area contributed by atoms with E-state index in [1.54, 1.807) is 0 Å². The Hall–Kier alpha value is -4.94. The highest BCUT2D eigenvalue weighted by Crippen LogP contribution is 2.68. The van der Waals surface area contributed by atoms with Gasteiger partial charge in [0.05, 0.1) is 32.9 Å². The molecule has 10 nitrogen and oxygen atoms in total. The van der Waals surface area contributed by atoms with Gasteiger partial charge in [0.2, 0.25) is 0 Å². The lowest BCUT2D eigenvalue weighted by atomic mass is 9.86. The van der Waals surface area contributed by atoms with Gasteiger partial charge in [0.25, 0.3) is 12.3 Å². The monoisotopic (exact) mass is 973 g/mol. The van der Waals surface area contributed by atoms with Crippen LogP contribution in [0.1, 0.15) is 91.0 Å². The number of Topliss-reactive ketones (excluding diaryl/α,β-unsaturated/α-hetero) is 1. The van der Waals surface area contributed by atoms with Gasteiger partial charge in [-0.15, -0.1) is 0 Å². The summed E-state index contributed by atoms with van der Waals surface area (Å²) in [5.74, 6) is -5.88. The zero-order valence-corrected chi connectivity index (χ0v) is 36.8. The van der Waals surface area contributed by atoms with E-state index >= 15 is 8.78 Å². The van der Waals surface area contributed by atoms with E-state index in [9.17, 15) is 52.4 Å². The fraction of sp³-hybridized carbons (Fsp3) is 0.442. The molecule has 0 aliphatic heterocycles. The molecule has 2 fully saturated rings. The molecule has 0 spiro atoms. The average Bonchev–Trinajstić information content (AvgIpc) is 4.10. The van der Waals surface area contributed by atoms with E-state index in [1.807, 2.05) is 0 Å². The number of pyridine rings is 1. The number of aromatic nitrogens is 5. The quantitative estimate of drug-likeness (QED) is 0.0796. The molecule has 0 bridgehead atoms. The third kappa shape index (κ3) is 9.01. The number of alkyl halides is 7. The number of hydrogen-bond acceptors (Lipinski definition) is 8. The lowest BCUT2D eigenvalue weighted by molar-refractivity contribution is -0.142. The summed E-state index contributed by atoms with van der Waals surface area (Å²) in [5, 5.41) is 6.91. The molecular formula is C43H37ClF9N5O5S2. The first-order valence-corrected chi connectivity index (χ1v) is 24.1. The Bertz CT molecular complexity index is 3060. The van der Waals surface area contributed by atoms with E-state index in [-0.39, 0.29) is 56.1 Å². The Labute approximate surface area is 371 Å². The van der Waals surface area contributed by atoms with Crippen molar-refractivity contribution < 1.29 is 61.1 Å². The van der Waals surface area contributed by atoms with E-state index < -0.39 is 132 Å². The van der Waals surface area contributed by atoms with Crippen LogP contribution < -0.4 is 0 Å². The lowest BCUT2D eigenvalue weighted by Gasteiger charge is -2.22. The summed E-state index contributed by atoms with van der Waals surface area (Å²) in [6.45, 7) is 0.643. The van der Waals surface area contributed by atoms with Crippen LogP contribution in [0.5, 0.6) is 0 Å².